The number of carbonyl (C=O) groups is 3. The number of ether oxygens (including phenoxy) is 1. The molecule has 2 saturated heterocycles. The summed E-state index contributed by atoms with van der Waals surface area (Å²) in [6, 6.07) is 29.6. The molecular weight excluding hydrogens is 540 g/mol. The largest absolute Gasteiger partial charge is 0.466 e. The van der Waals surface area contributed by atoms with Gasteiger partial charge in [0.1, 0.15) is 0 Å². The minimum Gasteiger partial charge on any atom is -0.466 e. The molecule has 0 radical (unpaired) electrons. The number of amides is 2. The van der Waals surface area contributed by atoms with Gasteiger partial charge < -0.3 is 19.9 Å². The number of hydrogen-bond acceptors (Lipinski definition) is 6. The van der Waals surface area contributed by atoms with Crippen molar-refractivity contribution in [2.45, 2.75) is 38.6 Å². The van der Waals surface area contributed by atoms with E-state index in [4.69, 9.17) is 4.74 Å². The molecule has 0 aliphatic carbocycles. The summed E-state index contributed by atoms with van der Waals surface area (Å²) in [6.45, 7) is 6.95. The van der Waals surface area contributed by atoms with Crippen molar-refractivity contribution in [3.63, 3.8) is 0 Å². The smallest absolute Gasteiger partial charge is 0.309 e. The number of likely N-dealkylation sites (tertiary alicyclic amines) is 1. The van der Waals surface area contributed by atoms with Gasteiger partial charge in [-0.05, 0) is 55.2 Å². The zero-order chi connectivity index (χ0) is 30.0. The Labute approximate surface area is 254 Å². The van der Waals surface area contributed by atoms with E-state index in [-0.39, 0.29) is 42.6 Å². The van der Waals surface area contributed by atoms with Gasteiger partial charge in [-0.15, -0.1) is 0 Å². The van der Waals surface area contributed by atoms with Gasteiger partial charge in [0.25, 0.3) is 0 Å². The summed E-state index contributed by atoms with van der Waals surface area (Å²) < 4.78 is 5.10. The van der Waals surface area contributed by atoms with Crippen LogP contribution < -0.4 is 10.2 Å². The minimum absolute atomic E-state index is 0.0475. The molecule has 0 bridgehead atoms. The fraction of sp³-hybridized carbons (Fsp3) is 0.400. The number of benzene rings is 3. The molecule has 226 valence electrons. The molecule has 3 aromatic carbocycles. The predicted molar refractivity (Wildman–Crippen MR) is 169 cm³/mol. The molecule has 2 aliphatic heterocycles. The van der Waals surface area contributed by atoms with E-state index < -0.39 is 0 Å². The van der Waals surface area contributed by atoms with E-state index in [0.29, 0.717) is 32.5 Å². The number of nitrogens with zero attached hydrogens (tertiary/aromatic N) is 3. The van der Waals surface area contributed by atoms with E-state index in [2.05, 4.69) is 87.9 Å². The monoisotopic (exact) mass is 582 g/mol. The second-order valence-corrected chi connectivity index (χ2v) is 11.2. The highest BCUT2D eigenvalue weighted by molar-refractivity contribution is 5.93. The number of carbonyl (C=O) groups excluding carboxylic acids is 3. The first-order valence-corrected chi connectivity index (χ1v) is 15.4. The number of esters is 1. The van der Waals surface area contributed by atoms with Gasteiger partial charge in [0, 0.05) is 63.5 Å². The molecule has 43 heavy (non-hydrogen) atoms. The lowest BCUT2D eigenvalue weighted by Crippen LogP contribution is -2.48. The molecule has 3 aromatic rings. The molecule has 8 nitrogen and oxygen atoms in total. The van der Waals surface area contributed by atoms with Gasteiger partial charge in [-0.3, -0.25) is 19.3 Å². The highest BCUT2D eigenvalue weighted by Crippen LogP contribution is 2.30. The Morgan fingerprint density at radius 2 is 1.35 bits per heavy atom. The van der Waals surface area contributed by atoms with Crippen molar-refractivity contribution in [1.82, 2.24) is 9.80 Å². The maximum Gasteiger partial charge on any atom is 0.309 e. The Kier molecular flexibility index (Phi) is 10.4. The number of hydrogen-bond donors (Lipinski definition) is 1. The van der Waals surface area contributed by atoms with Crippen molar-refractivity contribution in [2.75, 3.05) is 56.1 Å². The summed E-state index contributed by atoms with van der Waals surface area (Å²) in [5.74, 6) is -0.542. The SMILES string of the molecule is CCOC(=O)C1CCN(C(=O)CCC(=O)Nc2ccc(N3CCN(C(c4ccccc4)c4ccccc4)CC3)cc2)CC1. The molecule has 2 amide bonds. The maximum absolute atomic E-state index is 12.6. The number of rotatable bonds is 10. The van der Waals surface area contributed by atoms with E-state index in [1.165, 1.54) is 11.1 Å². The first-order valence-electron chi connectivity index (χ1n) is 15.4. The molecule has 5 rings (SSSR count). The topological polar surface area (TPSA) is 82.2 Å². The summed E-state index contributed by atoms with van der Waals surface area (Å²) >= 11 is 0. The summed E-state index contributed by atoms with van der Waals surface area (Å²) in [7, 11) is 0. The van der Waals surface area contributed by atoms with Gasteiger partial charge in [-0.2, -0.15) is 0 Å². The Balaban J connectivity index is 1.08. The van der Waals surface area contributed by atoms with Crippen molar-refractivity contribution in [3.8, 4) is 0 Å². The zero-order valence-corrected chi connectivity index (χ0v) is 25.0. The van der Waals surface area contributed by atoms with E-state index >= 15 is 0 Å². The molecule has 2 fully saturated rings. The number of anilines is 2. The molecule has 2 aliphatic rings. The van der Waals surface area contributed by atoms with Gasteiger partial charge in [-0.1, -0.05) is 60.7 Å². The number of piperidine rings is 1. The van der Waals surface area contributed by atoms with Crippen LogP contribution in [0.3, 0.4) is 0 Å². The minimum atomic E-state index is -0.179. The van der Waals surface area contributed by atoms with E-state index in [0.717, 1.165) is 37.6 Å². The number of piperazine rings is 1. The van der Waals surface area contributed by atoms with Gasteiger partial charge in [-0.25, -0.2) is 0 Å². The second kappa shape index (κ2) is 14.8. The first kappa shape index (κ1) is 30.3. The molecule has 0 aromatic heterocycles. The van der Waals surface area contributed by atoms with Crippen molar-refractivity contribution in [1.29, 1.82) is 0 Å². The van der Waals surface area contributed by atoms with E-state index in [9.17, 15) is 14.4 Å². The first-order chi connectivity index (χ1) is 21.0. The highest BCUT2D eigenvalue weighted by Gasteiger charge is 2.29. The van der Waals surface area contributed by atoms with Crippen molar-refractivity contribution in [3.05, 3.63) is 96.1 Å². The zero-order valence-electron chi connectivity index (χ0n) is 25.0. The molecule has 8 heteroatoms. The summed E-state index contributed by atoms with van der Waals surface area (Å²) in [6.07, 6.45) is 1.51. The van der Waals surface area contributed by atoms with Crippen molar-refractivity contribution >= 4 is 29.2 Å². The van der Waals surface area contributed by atoms with Crippen LogP contribution in [0.25, 0.3) is 0 Å². The van der Waals surface area contributed by atoms with Crippen LogP contribution in [0.5, 0.6) is 0 Å². The lowest BCUT2D eigenvalue weighted by molar-refractivity contribution is -0.151. The molecular formula is C35H42N4O4. The van der Waals surface area contributed by atoms with Crippen LogP contribution in [0.2, 0.25) is 0 Å². The predicted octanol–water partition coefficient (Wildman–Crippen LogP) is 5.12. The summed E-state index contributed by atoms with van der Waals surface area (Å²) in [5, 5.41) is 2.93. The Bertz CT molecular complexity index is 1290. The van der Waals surface area contributed by atoms with Crippen LogP contribution in [-0.2, 0) is 19.1 Å². The average molecular weight is 583 g/mol. The molecule has 1 N–H and O–H groups in total. The lowest BCUT2D eigenvalue weighted by atomic mass is 9.96. The Morgan fingerprint density at radius 1 is 0.767 bits per heavy atom. The standard InChI is InChI=1S/C35H42N4O4/c1-2-43-35(42)29-19-21-38(22-20-29)33(41)18-17-32(40)36-30-13-15-31(16-14-30)37-23-25-39(26-24-37)34(27-9-5-3-6-10-27)28-11-7-4-8-12-28/h3-16,29,34H,2,17-26H2,1H3,(H,36,40). The Hall–Kier alpha value is -4.17. The lowest BCUT2D eigenvalue weighted by Gasteiger charge is -2.40. The fourth-order valence-electron chi connectivity index (χ4n) is 6.11. The van der Waals surface area contributed by atoms with Crippen molar-refractivity contribution < 1.29 is 19.1 Å². The summed E-state index contributed by atoms with van der Waals surface area (Å²) in [4.78, 5) is 43.8. The van der Waals surface area contributed by atoms with Gasteiger partial charge in [0.2, 0.25) is 11.8 Å². The fourth-order valence-corrected chi connectivity index (χ4v) is 6.11. The van der Waals surface area contributed by atoms with Crippen molar-refractivity contribution in [2.24, 2.45) is 5.92 Å². The average Bonchev–Trinajstić information content (AvgIpc) is 3.06. The van der Waals surface area contributed by atoms with Crippen LogP contribution in [-0.4, -0.2) is 73.5 Å². The quantitative estimate of drug-likeness (QED) is 0.334. The third-order valence-electron chi connectivity index (χ3n) is 8.46. The van der Waals surface area contributed by atoms with Gasteiger partial charge in [0.15, 0.2) is 0 Å². The third-order valence-corrected chi connectivity index (χ3v) is 8.46. The normalized spacial score (nSPS) is 16.2. The van der Waals surface area contributed by atoms with Crippen LogP contribution in [0, 0.1) is 5.92 Å². The molecule has 0 saturated carbocycles. The third kappa shape index (κ3) is 8.02. The highest BCUT2D eigenvalue weighted by atomic mass is 16.5. The molecule has 0 atom stereocenters. The maximum atomic E-state index is 12.6. The van der Waals surface area contributed by atoms with Crippen LogP contribution in [0.15, 0.2) is 84.9 Å². The van der Waals surface area contributed by atoms with Crippen LogP contribution in [0.1, 0.15) is 49.8 Å². The van der Waals surface area contributed by atoms with Gasteiger partial charge in [0.05, 0.1) is 18.6 Å². The van der Waals surface area contributed by atoms with E-state index in [1.807, 2.05) is 12.1 Å². The second-order valence-electron chi connectivity index (χ2n) is 11.2. The van der Waals surface area contributed by atoms with Gasteiger partial charge >= 0.3 is 5.97 Å². The van der Waals surface area contributed by atoms with Crippen LogP contribution >= 0.6 is 0 Å². The summed E-state index contributed by atoms with van der Waals surface area (Å²) in [5.41, 5.74) is 4.48. The van der Waals surface area contributed by atoms with E-state index in [1.54, 1.807) is 11.8 Å². The molecule has 2 heterocycles. The molecule has 0 unspecified atom stereocenters. The number of nitrogens with one attached hydrogen (secondary N) is 1. The Morgan fingerprint density at radius 3 is 1.91 bits per heavy atom. The molecule has 0 spiro atoms. The van der Waals surface area contributed by atoms with Crippen LogP contribution in [0.4, 0.5) is 11.4 Å².